The highest BCUT2D eigenvalue weighted by Gasteiger charge is 2.09. The molecule has 1 N–H and O–H groups in total. The topological polar surface area (TPSA) is 59.3 Å². The van der Waals surface area contributed by atoms with Crippen LogP contribution in [0, 0.1) is 0 Å². The summed E-state index contributed by atoms with van der Waals surface area (Å²) in [5.41, 5.74) is 3.03. The SMILES string of the molecule is O=C(NCc1cc2ccccn2n1)c1ccc2ccccc2n1. The van der Waals surface area contributed by atoms with Crippen molar-refractivity contribution in [3.8, 4) is 0 Å². The molecule has 0 spiro atoms. The number of carbonyl (C=O) groups excluding carboxylic acids is 1. The van der Waals surface area contributed by atoms with Crippen molar-refractivity contribution in [3.63, 3.8) is 0 Å². The molecule has 1 amide bonds. The van der Waals surface area contributed by atoms with Gasteiger partial charge < -0.3 is 5.32 Å². The number of amides is 1. The normalized spacial score (nSPS) is 11.0. The van der Waals surface area contributed by atoms with Gasteiger partial charge in [0.15, 0.2) is 0 Å². The second-order valence-electron chi connectivity index (χ2n) is 5.28. The number of carbonyl (C=O) groups is 1. The Balaban J connectivity index is 1.52. The smallest absolute Gasteiger partial charge is 0.270 e. The van der Waals surface area contributed by atoms with Gasteiger partial charge in [0.25, 0.3) is 5.91 Å². The summed E-state index contributed by atoms with van der Waals surface area (Å²) in [7, 11) is 0. The van der Waals surface area contributed by atoms with Gasteiger partial charge in [-0.3, -0.25) is 4.79 Å². The zero-order chi connectivity index (χ0) is 15.6. The Morgan fingerprint density at radius 3 is 2.83 bits per heavy atom. The summed E-state index contributed by atoms with van der Waals surface area (Å²) in [4.78, 5) is 16.7. The lowest BCUT2D eigenvalue weighted by molar-refractivity contribution is 0.0946. The van der Waals surface area contributed by atoms with Crippen LogP contribution in [0.2, 0.25) is 0 Å². The quantitative estimate of drug-likeness (QED) is 0.633. The van der Waals surface area contributed by atoms with E-state index in [4.69, 9.17) is 0 Å². The fourth-order valence-electron chi connectivity index (χ4n) is 2.53. The molecule has 3 heterocycles. The maximum absolute atomic E-state index is 12.3. The molecule has 0 radical (unpaired) electrons. The van der Waals surface area contributed by atoms with E-state index in [-0.39, 0.29) is 5.91 Å². The van der Waals surface area contributed by atoms with Crippen LogP contribution in [0.4, 0.5) is 0 Å². The van der Waals surface area contributed by atoms with Crippen LogP contribution in [0.15, 0.2) is 66.9 Å². The summed E-state index contributed by atoms with van der Waals surface area (Å²) in [6, 6.07) is 19.2. The zero-order valence-corrected chi connectivity index (χ0v) is 12.3. The zero-order valence-electron chi connectivity index (χ0n) is 12.3. The first-order valence-electron chi connectivity index (χ1n) is 7.37. The van der Waals surface area contributed by atoms with E-state index < -0.39 is 0 Å². The summed E-state index contributed by atoms with van der Waals surface area (Å²) < 4.78 is 1.79. The van der Waals surface area contributed by atoms with Crippen molar-refractivity contribution in [2.75, 3.05) is 0 Å². The third kappa shape index (κ3) is 2.64. The van der Waals surface area contributed by atoms with E-state index in [2.05, 4.69) is 15.4 Å². The maximum Gasteiger partial charge on any atom is 0.270 e. The molecular weight excluding hydrogens is 288 g/mol. The average molecular weight is 302 g/mol. The lowest BCUT2D eigenvalue weighted by Crippen LogP contribution is -2.24. The van der Waals surface area contributed by atoms with Gasteiger partial charge in [0.1, 0.15) is 5.69 Å². The summed E-state index contributed by atoms with van der Waals surface area (Å²) in [5.74, 6) is -0.201. The molecule has 0 bridgehead atoms. The van der Waals surface area contributed by atoms with E-state index in [0.717, 1.165) is 22.1 Å². The number of nitrogens with one attached hydrogen (secondary N) is 1. The van der Waals surface area contributed by atoms with E-state index in [1.165, 1.54) is 0 Å². The fourth-order valence-corrected chi connectivity index (χ4v) is 2.53. The minimum Gasteiger partial charge on any atom is -0.345 e. The molecular formula is C18H14N4O. The van der Waals surface area contributed by atoms with Gasteiger partial charge in [0, 0.05) is 11.6 Å². The number of rotatable bonds is 3. The van der Waals surface area contributed by atoms with Gasteiger partial charge >= 0.3 is 0 Å². The van der Waals surface area contributed by atoms with Gasteiger partial charge in [-0.15, -0.1) is 0 Å². The number of hydrogen-bond donors (Lipinski definition) is 1. The molecule has 23 heavy (non-hydrogen) atoms. The molecule has 3 aromatic heterocycles. The third-order valence-electron chi connectivity index (χ3n) is 3.68. The number of benzene rings is 1. The van der Waals surface area contributed by atoms with Crippen LogP contribution in [-0.2, 0) is 6.54 Å². The Labute approximate surface area is 132 Å². The van der Waals surface area contributed by atoms with Crippen LogP contribution in [0.1, 0.15) is 16.2 Å². The maximum atomic E-state index is 12.3. The van der Waals surface area contributed by atoms with E-state index in [1.54, 1.807) is 10.6 Å². The summed E-state index contributed by atoms with van der Waals surface area (Å²) in [6.45, 7) is 0.370. The molecule has 4 rings (SSSR count). The molecule has 1 aromatic carbocycles. The van der Waals surface area contributed by atoms with Crippen LogP contribution in [0.5, 0.6) is 0 Å². The van der Waals surface area contributed by atoms with Gasteiger partial charge in [-0.05, 0) is 30.3 Å². The van der Waals surface area contributed by atoms with Crippen molar-refractivity contribution in [2.24, 2.45) is 0 Å². The molecule has 0 unspecified atom stereocenters. The predicted octanol–water partition coefficient (Wildman–Crippen LogP) is 2.81. The average Bonchev–Trinajstić information content (AvgIpc) is 3.02. The number of para-hydroxylation sites is 1. The van der Waals surface area contributed by atoms with E-state index in [9.17, 15) is 4.79 Å². The van der Waals surface area contributed by atoms with Crippen molar-refractivity contribution in [1.29, 1.82) is 0 Å². The van der Waals surface area contributed by atoms with Crippen LogP contribution in [0.25, 0.3) is 16.4 Å². The number of nitrogens with zero attached hydrogens (tertiary/aromatic N) is 3. The second-order valence-corrected chi connectivity index (χ2v) is 5.28. The van der Waals surface area contributed by atoms with E-state index >= 15 is 0 Å². The molecule has 0 saturated carbocycles. The molecule has 5 heteroatoms. The Morgan fingerprint density at radius 2 is 1.91 bits per heavy atom. The molecule has 0 saturated heterocycles. The van der Waals surface area contributed by atoms with Crippen molar-refractivity contribution in [2.45, 2.75) is 6.54 Å². The van der Waals surface area contributed by atoms with Gasteiger partial charge in [0.05, 0.1) is 23.3 Å². The number of pyridine rings is 2. The van der Waals surface area contributed by atoms with Crippen LogP contribution in [-0.4, -0.2) is 20.5 Å². The standard InChI is InChI=1S/C18H14N4O/c23-18(17-9-8-13-5-1-2-7-16(13)20-17)19-12-14-11-15-6-3-4-10-22(15)21-14/h1-11H,12H2,(H,19,23). The van der Waals surface area contributed by atoms with Crippen LogP contribution >= 0.6 is 0 Å². The van der Waals surface area contributed by atoms with E-state index in [1.807, 2.05) is 60.8 Å². The van der Waals surface area contributed by atoms with Gasteiger partial charge in [-0.2, -0.15) is 5.10 Å². The highest BCUT2D eigenvalue weighted by Crippen LogP contribution is 2.12. The summed E-state index contributed by atoms with van der Waals surface area (Å²) in [6.07, 6.45) is 1.88. The minimum absolute atomic E-state index is 0.201. The molecule has 5 nitrogen and oxygen atoms in total. The van der Waals surface area contributed by atoms with Crippen LogP contribution in [0.3, 0.4) is 0 Å². The lowest BCUT2D eigenvalue weighted by atomic mass is 10.2. The Bertz CT molecular complexity index is 973. The summed E-state index contributed by atoms with van der Waals surface area (Å²) in [5, 5.41) is 8.29. The van der Waals surface area contributed by atoms with Crippen LogP contribution < -0.4 is 5.32 Å². The molecule has 0 aliphatic rings. The highest BCUT2D eigenvalue weighted by molar-refractivity contribution is 5.94. The monoisotopic (exact) mass is 302 g/mol. The van der Waals surface area contributed by atoms with E-state index in [0.29, 0.717) is 12.2 Å². The first-order chi connectivity index (χ1) is 11.3. The largest absolute Gasteiger partial charge is 0.345 e. The molecule has 112 valence electrons. The first kappa shape index (κ1) is 13.5. The molecule has 0 atom stereocenters. The Kier molecular flexibility index (Phi) is 3.24. The van der Waals surface area contributed by atoms with Crippen molar-refractivity contribution >= 4 is 22.3 Å². The fraction of sp³-hybridized carbons (Fsp3) is 0.0556. The third-order valence-corrected chi connectivity index (χ3v) is 3.68. The van der Waals surface area contributed by atoms with Crippen molar-refractivity contribution in [3.05, 3.63) is 78.2 Å². The Morgan fingerprint density at radius 1 is 1.04 bits per heavy atom. The second kappa shape index (κ2) is 5.53. The molecule has 0 aliphatic heterocycles. The highest BCUT2D eigenvalue weighted by atomic mass is 16.1. The number of hydrogen-bond acceptors (Lipinski definition) is 3. The Hall–Kier alpha value is -3.21. The molecule has 4 aromatic rings. The number of aromatic nitrogens is 3. The molecule has 0 fully saturated rings. The van der Waals surface area contributed by atoms with Gasteiger partial charge in [-0.25, -0.2) is 9.50 Å². The minimum atomic E-state index is -0.201. The van der Waals surface area contributed by atoms with Gasteiger partial charge in [0.2, 0.25) is 0 Å². The first-order valence-corrected chi connectivity index (χ1v) is 7.37. The summed E-state index contributed by atoms with van der Waals surface area (Å²) >= 11 is 0. The van der Waals surface area contributed by atoms with Crippen molar-refractivity contribution in [1.82, 2.24) is 19.9 Å². The lowest BCUT2D eigenvalue weighted by Gasteiger charge is -2.04. The van der Waals surface area contributed by atoms with Gasteiger partial charge in [-0.1, -0.05) is 30.3 Å². The molecule has 0 aliphatic carbocycles. The van der Waals surface area contributed by atoms with Crippen molar-refractivity contribution < 1.29 is 4.79 Å². The predicted molar refractivity (Wildman–Crippen MR) is 88.1 cm³/mol. The number of fused-ring (bicyclic) bond motifs is 2.